The van der Waals surface area contributed by atoms with Crippen molar-refractivity contribution in [1.29, 1.82) is 0 Å². The molecule has 0 bridgehead atoms. The number of anilines is 1. The van der Waals surface area contributed by atoms with Gasteiger partial charge in [0.15, 0.2) is 0 Å². The highest BCUT2D eigenvalue weighted by atomic mass is 19.4. The Morgan fingerprint density at radius 1 is 0.600 bits per heavy atom. The zero-order valence-corrected chi connectivity index (χ0v) is 14.4. The molecule has 0 unspecified atom stereocenters. The summed E-state index contributed by atoms with van der Waals surface area (Å²) in [6, 6.07) is -4.48. The normalized spacial score (nSPS) is 13.9. The van der Waals surface area contributed by atoms with Crippen molar-refractivity contribution in [3.8, 4) is 12.0 Å². The van der Waals surface area contributed by atoms with Crippen LogP contribution in [-0.4, -0.2) is 57.9 Å². The second-order valence-corrected chi connectivity index (χ2v) is 5.69. The summed E-state index contributed by atoms with van der Waals surface area (Å²) >= 11 is 0. The molecule has 1 aromatic rings. The van der Waals surface area contributed by atoms with Crippen molar-refractivity contribution in [2.45, 2.75) is 56.8 Å². The first-order valence-electron chi connectivity index (χ1n) is 7.34. The largest absolute Gasteiger partial charge is 0.440 e. The highest BCUT2D eigenvalue weighted by Gasteiger charge is 2.61. The predicted molar refractivity (Wildman–Crippen MR) is 71.6 cm³/mol. The molecule has 0 aliphatic rings. The van der Waals surface area contributed by atoms with E-state index in [-0.39, 0.29) is 0 Å². The van der Waals surface area contributed by atoms with Crippen molar-refractivity contribution in [3.05, 3.63) is 0 Å². The van der Waals surface area contributed by atoms with Gasteiger partial charge in [-0.1, -0.05) is 0 Å². The second kappa shape index (κ2) is 8.37. The van der Waals surface area contributed by atoms with Gasteiger partial charge < -0.3 is 14.8 Å². The van der Waals surface area contributed by atoms with E-state index in [0.29, 0.717) is 0 Å². The maximum Gasteiger partial charge on any atom is 0.434 e. The van der Waals surface area contributed by atoms with Gasteiger partial charge >= 0.3 is 36.7 Å². The van der Waals surface area contributed by atoms with E-state index in [4.69, 9.17) is 0 Å². The number of hydrogen-bond donors (Lipinski definition) is 1. The van der Waals surface area contributed by atoms with Crippen LogP contribution in [0.1, 0.15) is 13.8 Å². The maximum atomic E-state index is 12.6. The van der Waals surface area contributed by atoms with Crippen LogP contribution in [0.15, 0.2) is 0 Å². The predicted octanol–water partition coefficient (Wildman–Crippen LogP) is 4.44. The van der Waals surface area contributed by atoms with Crippen LogP contribution in [0.3, 0.4) is 0 Å². The summed E-state index contributed by atoms with van der Waals surface area (Å²) in [6.07, 6.45) is -33.4. The van der Waals surface area contributed by atoms with E-state index in [0.717, 1.165) is 0 Å². The van der Waals surface area contributed by atoms with Gasteiger partial charge in [0.25, 0.3) is 12.2 Å². The van der Waals surface area contributed by atoms with Gasteiger partial charge in [0, 0.05) is 6.04 Å². The summed E-state index contributed by atoms with van der Waals surface area (Å²) in [6.45, 7) is 2.65. The number of rotatable bonds is 6. The van der Waals surface area contributed by atoms with E-state index in [9.17, 15) is 52.7 Å². The summed E-state index contributed by atoms with van der Waals surface area (Å²) in [5, 5.41) is 2.14. The lowest BCUT2D eigenvalue weighted by molar-refractivity contribution is -0.302. The fourth-order valence-corrected chi connectivity index (χ4v) is 1.62. The number of nitrogens with zero attached hydrogens (tertiary/aromatic N) is 3. The molecule has 30 heavy (non-hydrogen) atoms. The Morgan fingerprint density at radius 3 is 1.13 bits per heavy atom. The fourth-order valence-electron chi connectivity index (χ4n) is 1.62. The van der Waals surface area contributed by atoms with Gasteiger partial charge in [-0.15, -0.1) is 4.98 Å². The Hall–Kier alpha value is -2.43. The first kappa shape index (κ1) is 25.6. The Morgan fingerprint density at radius 2 is 0.900 bits per heavy atom. The molecule has 1 aromatic heterocycles. The third kappa shape index (κ3) is 7.43. The van der Waals surface area contributed by atoms with Crippen molar-refractivity contribution in [1.82, 2.24) is 15.0 Å². The third-order valence-electron chi connectivity index (χ3n) is 2.65. The third-order valence-corrected chi connectivity index (χ3v) is 2.65. The first-order valence-corrected chi connectivity index (χ1v) is 7.34. The van der Waals surface area contributed by atoms with Gasteiger partial charge in [0.1, 0.15) is 0 Å². The van der Waals surface area contributed by atoms with Crippen LogP contribution in [0.2, 0.25) is 0 Å². The van der Waals surface area contributed by atoms with Crippen LogP contribution < -0.4 is 14.8 Å². The van der Waals surface area contributed by atoms with Crippen molar-refractivity contribution in [2.75, 3.05) is 5.32 Å². The summed E-state index contributed by atoms with van der Waals surface area (Å²) in [5.74, 6) is -1.00. The fraction of sp³-hybridized carbons (Fsp3) is 0.750. The molecule has 0 aliphatic heterocycles. The van der Waals surface area contributed by atoms with E-state index in [2.05, 4.69) is 29.7 Å². The molecular formula is C12H10F12N4O2. The molecule has 1 heterocycles. The van der Waals surface area contributed by atoms with Crippen LogP contribution in [-0.2, 0) is 0 Å². The molecule has 174 valence electrons. The van der Waals surface area contributed by atoms with Gasteiger partial charge in [-0.25, -0.2) is 0 Å². The number of halogens is 12. The molecule has 0 saturated carbocycles. The highest BCUT2D eigenvalue weighted by Crippen LogP contribution is 2.38. The molecule has 0 spiro atoms. The molecule has 0 saturated heterocycles. The van der Waals surface area contributed by atoms with E-state index in [1.807, 2.05) is 0 Å². The summed E-state index contributed by atoms with van der Waals surface area (Å²) in [4.78, 5) is 8.52. The smallest absolute Gasteiger partial charge is 0.434 e. The molecule has 6 nitrogen and oxygen atoms in total. The lowest BCUT2D eigenvalue weighted by Gasteiger charge is -2.24. The topological polar surface area (TPSA) is 69.2 Å². The molecular weight excluding hydrogens is 460 g/mol. The molecule has 0 fully saturated rings. The Balaban J connectivity index is 3.42. The number of ether oxygens (including phenoxy) is 2. The van der Waals surface area contributed by atoms with E-state index < -0.39 is 60.9 Å². The van der Waals surface area contributed by atoms with Gasteiger partial charge in [0.05, 0.1) is 0 Å². The van der Waals surface area contributed by atoms with E-state index in [1.54, 1.807) is 0 Å². The number of hydrogen-bond acceptors (Lipinski definition) is 6. The molecule has 18 heteroatoms. The van der Waals surface area contributed by atoms with Gasteiger partial charge in [-0.05, 0) is 13.8 Å². The lowest BCUT2D eigenvalue weighted by atomic mass is 10.3. The molecule has 1 N–H and O–H groups in total. The second-order valence-electron chi connectivity index (χ2n) is 5.69. The standard InChI is InChI=1S/C12H10F12N4O2/c1-3(2)25-6-26-7(29-4(9(13,14)15)10(16,17)18)28-8(27-6)30-5(11(19,20)21)12(22,23)24/h3-5H,1-2H3,(H,25,26,27,28). The van der Waals surface area contributed by atoms with Crippen molar-refractivity contribution in [3.63, 3.8) is 0 Å². The van der Waals surface area contributed by atoms with Crippen LogP contribution >= 0.6 is 0 Å². The maximum absolute atomic E-state index is 12.6. The summed E-state index contributed by atoms with van der Waals surface area (Å²) < 4.78 is 158. The first-order chi connectivity index (χ1) is 13.2. The quantitative estimate of drug-likeness (QED) is 0.621. The minimum Gasteiger partial charge on any atom is -0.440 e. The number of alkyl halides is 12. The van der Waals surface area contributed by atoms with Gasteiger partial charge in [0.2, 0.25) is 5.95 Å². The van der Waals surface area contributed by atoms with Crippen LogP contribution in [0.4, 0.5) is 58.6 Å². The average molecular weight is 470 g/mol. The van der Waals surface area contributed by atoms with E-state index >= 15 is 0 Å². The zero-order valence-electron chi connectivity index (χ0n) is 14.4. The number of nitrogens with one attached hydrogen (secondary N) is 1. The Kier molecular flexibility index (Phi) is 7.14. The number of aromatic nitrogens is 3. The van der Waals surface area contributed by atoms with Gasteiger partial charge in [-0.3, -0.25) is 0 Å². The molecule has 0 amide bonds. The van der Waals surface area contributed by atoms with Crippen LogP contribution in [0.5, 0.6) is 12.0 Å². The van der Waals surface area contributed by atoms with Crippen LogP contribution in [0, 0.1) is 0 Å². The molecule has 0 radical (unpaired) electrons. The molecule has 0 atom stereocenters. The molecule has 1 rings (SSSR count). The lowest BCUT2D eigenvalue weighted by Crippen LogP contribution is -2.47. The Bertz CT molecular complexity index is 633. The SMILES string of the molecule is CC(C)Nc1nc(OC(C(F)(F)F)C(F)(F)F)nc(OC(C(F)(F)F)C(F)(F)F)n1. The average Bonchev–Trinajstić information content (AvgIpc) is 2.45. The molecule has 0 aliphatic carbocycles. The van der Waals surface area contributed by atoms with Gasteiger partial charge in [-0.2, -0.15) is 62.7 Å². The van der Waals surface area contributed by atoms with Crippen molar-refractivity contribution in [2.24, 2.45) is 0 Å². The Labute approximate surface area is 158 Å². The van der Waals surface area contributed by atoms with Crippen LogP contribution in [0.25, 0.3) is 0 Å². The highest BCUT2D eigenvalue weighted by molar-refractivity contribution is 5.28. The molecule has 0 aromatic carbocycles. The van der Waals surface area contributed by atoms with Crippen molar-refractivity contribution >= 4 is 5.95 Å². The zero-order chi connectivity index (χ0) is 23.7. The monoisotopic (exact) mass is 470 g/mol. The van der Waals surface area contributed by atoms with E-state index in [1.165, 1.54) is 13.8 Å². The minimum absolute atomic E-state index is 0.713. The minimum atomic E-state index is -6.07. The summed E-state index contributed by atoms with van der Waals surface area (Å²) in [7, 11) is 0. The summed E-state index contributed by atoms with van der Waals surface area (Å²) in [5.41, 5.74) is 0. The van der Waals surface area contributed by atoms with Crippen molar-refractivity contribution < 1.29 is 62.2 Å².